The fourth-order valence-electron chi connectivity index (χ4n) is 3.20. The van der Waals surface area contributed by atoms with Gasteiger partial charge < -0.3 is 14.8 Å². The third-order valence-electron chi connectivity index (χ3n) is 4.54. The van der Waals surface area contributed by atoms with Crippen LogP contribution in [0.15, 0.2) is 36.8 Å². The molecule has 1 N–H and O–H groups in total. The van der Waals surface area contributed by atoms with E-state index in [9.17, 15) is 4.79 Å². The maximum atomic E-state index is 13.3. The molecule has 1 aliphatic heterocycles. The Morgan fingerprint density at radius 2 is 2.19 bits per heavy atom. The van der Waals surface area contributed by atoms with Gasteiger partial charge in [0.1, 0.15) is 21.8 Å². The molecule has 1 unspecified atom stereocenters. The van der Waals surface area contributed by atoms with Gasteiger partial charge in [0, 0.05) is 45.3 Å². The molecule has 0 radical (unpaired) electrons. The average molecular weight is 368 g/mol. The summed E-state index contributed by atoms with van der Waals surface area (Å²) in [6, 6.07) is 5.62. The number of hydrogen-bond acceptors (Lipinski definition) is 6. The van der Waals surface area contributed by atoms with Gasteiger partial charge >= 0.3 is 0 Å². The summed E-state index contributed by atoms with van der Waals surface area (Å²) in [6.07, 6.45) is 5.41. The summed E-state index contributed by atoms with van der Waals surface area (Å²) < 4.78 is 1.97. The molecule has 4 heterocycles. The van der Waals surface area contributed by atoms with E-state index >= 15 is 0 Å². The smallest absolute Gasteiger partial charge is 0.266 e. The summed E-state index contributed by atoms with van der Waals surface area (Å²) in [5.74, 6) is 0.898. The number of aromatic nitrogens is 4. The number of carbonyl (C=O) groups excluding carboxylic acids is 1. The van der Waals surface area contributed by atoms with Crippen LogP contribution in [0.4, 0.5) is 0 Å². The van der Waals surface area contributed by atoms with Gasteiger partial charge in [0.05, 0.1) is 11.4 Å². The van der Waals surface area contributed by atoms with Crippen LogP contribution >= 0.6 is 11.3 Å². The Balaban J connectivity index is 1.66. The van der Waals surface area contributed by atoms with E-state index in [4.69, 9.17) is 0 Å². The molecule has 0 bridgehead atoms. The summed E-state index contributed by atoms with van der Waals surface area (Å²) in [6.45, 7) is 4.00. The second kappa shape index (κ2) is 6.97. The van der Waals surface area contributed by atoms with Crippen LogP contribution in [-0.4, -0.2) is 50.0 Å². The van der Waals surface area contributed by atoms with Crippen molar-refractivity contribution in [2.75, 3.05) is 19.6 Å². The van der Waals surface area contributed by atoms with Crippen LogP contribution in [0, 0.1) is 6.92 Å². The van der Waals surface area contributed by atoms with Gasteiger partial charge in [-0.3, -0.25) is 9.78 Å². The van der Waals surface area contributed by atoms with Crippen molar-refractivity contribution in [2.45, 2.75) is 13.0 Å². The van der Waals surface area contributed by atoms with Crippen molar-refractivity contribution in [1.82, 2.24) is 29.7 Å². The van der Waals surface area contributed by atoms with Gasteiger partial charge in [0.2, 0.25) is 0 Å². The van der Waals surface area contributed by atoms with Crippen molar-refractivity contribution in [3.05, 3.63) is 53.2 Å². The maximum absolute atomic E-state index is 13.3. The zero-order chi connectivity index (χ0) is 18.1. The van der Waals surface area contributed by atoms with Gasteiger partial charge in [0.15, 0.2) is 0 Å². The molecule has 7 nitrogen and oxygen atoms in total. The van der Waals surface area contributed by atoms with Crippen LogP contribution in [0.2, 0.25) is 0 Å². The molecule has 26 heavy (non-hydrogen) atoms. The molecule has 3 aromatic rings. The zero-order valence-corrected chi connectivity index (χ0v) is 15.5. The Morgan fingerprint density at radius 1 is 1.31 bits per heavy atom. The highest BCUT2D eigenvalue weighted by Crippen LogP contribution is 2.30. The number of nitrogens with one attached hydrogen (secondary N) is 1. The number of imidazole rings is 1. The van der Waals surface area contributed by atoms with Gasteiger partial charge in [-0.05, 0) is 19.1 Å². The van der Waals surface area contributed by atoms with Crippen LogP contribution in [0.1, 0.15) is 27.2 Å². The van der Waals surface area contributed by atoms with E-state index in [-0.39, 0.29) is 11.9 Å². The van der Waals surface area contributed by atoms with Crippen LogP contribution in [0.3, 0.4) is 0 Å². The molecule has 0 aliphatic carbocycles. The monoisotopic (exact) mass is 368 g/mol. The Kier molecular flexibility index (Phi) is 4.52. The summed E-state index contributed by atoms with van der Waals surface area (Å²) in [5.41, 5.74) is 1.54. The highest BCUT2D eigenvalue weighted by atomic mass is 32.1. The lowest BCUT2D eigenvalue weighted by atomic mass is 10.1. The number of rotatable bonds is 3. The quantitative estimate of drug-likeness (QED) is 0.766. The molecular formula is C18H20N6OS. The predicted molar refractivity (Wildman–Crippen MR) is 99.9 cm³/mol. The minimum Gasteiger partial charge on any atom is -0.336 e. The molecule has 1 amide bonds. The Hall–Kier alpha value is -2.58. The molecule has 0 saturated carbocycles. The molecule has 0 spiro atoms. The normalized spacial score (nSPS) is 17.5. The number of piperazine rings is 1. The molecule has 3 aromatic heterocycles. The van der Waals surface area contributed by atoms with Crippen LogP contribution in [-0.2, 0) is 7.05 Å². The van der Waals surface area contributed by atoms with Gasteiger partial charge in [-0.2, -0.15) is 0 Å². The Labute approximate surface area is 155 Å². The molecular weight excluding hydrogens is 348 g/mol. The van der Waals surface area contributed by atoms with Gasteiger partial charge in [-0.1, -0.05) is 6.07 Å². The van der Waals surface area contributed by atoms with Crippen molar-refractivity contribution in [3.63, 3.8) is 0 Å². The maximum Gasteiger partial charge on any atom is 0.266 e. The van der Waals surface area contributed by atoms with E-state index in [2.05, 4.69) is 20.3 Å². The van der Waals surface area contributed by atoms with E-state index in [0.717, 1.165) is 28.8 Å². The van der Waals surface area contributed by atoms with Crippen molar-refractivity contribution in [1.29, 1.82) is 0 Å². The first-order valence-electron chi connectivity index (χ1n) is 8.53. The van der Waals surface area contributed by atoms with Gasteiger partial charge in [-0.15, -0.1) is 11.3 Å². The van der Waals surface area contributed by atoms with Crippen LogP contribution in [0.5, 0.6) is 0 Å². The molecule has 4 rings (SSSR count). The van der Waals surface area contributed by atoms with E-state index in [1.54, 1.807) is 12.4 Å². The third-order valence-corrected chi connectivity index (χ3v) is 5.70. The first-order chi connectivity index (χ1) is 12.6. The van der Waals surface area contributed by atoms with Gasteiger partial charge in [0.25, 0.3) is 5.91 Å². The molecule has 0 aromatic carbocycles. The van der Waals surface area contributed by atoms with Crippen molar-refractivity contribution >= 4 is 17.2 Å². The van der Waals surface area contributed by atoms with Gasteiger partial charge in [-0.25, -0.2) is 9.97 Å². The lowest BCUT2D eigenvalue weighted by molar-refractivity contribution is 0.0625. The van der Waals surface area contributed by atoms with Crippen LogP contribution < -0.4 is 5.32 Å². The van der Waals surface area contributed by atoms with Crippen LogP contribution in [0.25, 0.3) is 10.7 Å². The largest absolute Gasteiger partial charge is 0.336 e. The lowest BCUT2D eigenvalue weighted by Crippen LogP contribution is -2.49. The number of aryl methyl sites for hydroxylation is 2. The molecule has 1 aliphatic rings. The first-order valence-corrected chi connectivity index (χ1v) is 9.34. The first kappa shape index (κ1) is 16.9. The Bertz CT molecular complexity index is 919. The number of pyridine rings is 1. The summed E-state index contributed by atoms with van der Waals surface area (Å²) in [5, 5.41) is 4.14. The van der Waals surface area contributed by atoms with Crippen molar-refractivity contribution in [2.24, 2.45) is 7.05 Å². The Morgan fingerprint density at radius 3 is 2.92 bits per heavy atom. The number of hydrogen-bond donors (Lipinski definition) is 1. The second-order valence-electron chi connectivity index (χ2n) is 6.26. The number of carbonyl (C=O) groups is 1. The zero-order valence-electron chi connectivity index (χ0n) is 14.7. The van der Waals surface area contributed by atoms with E-state index in [1.165, 1.54) is 11.3 Å². The molecule has 134 valence electrons. The third kappa shape index (κ3) is 3.02. The summed E-state index contributed by atoms with van der Waals surface area (Å²) in [4.78, 5) is 29.2. The minimum atomic E-state index is -0.0870. The second-order valence-corrected chi connectivity index (χ2v) is 7.26. The predicted octanol–water partition coefficient (Wildman–Crippen LogP) is 2.03. The fourth-order valence-corrected chi connectivity index (χ4v) is 4.20. The number of amides is 1. The highest BCUT2D eigenvalue weighted by molar-refractivity contribution is 7.17. The number of thiazole rings is 1. The van der Waals surface area contributed by atoms with E-state index < -0.39 is 0 Å². The highest BCUT2D eigenvalue weighted by Gasteiger charge is 2.33. The topological polar surface area (TPSA) is 75.9 Å². The molecule has 1 fully saturated rings. The fraction of sp³-hybridized carbons (Fsp3) is 0.333. The summed E-state index contributed by atoms with van der Waals surface area (Å²) >= 11 is 1.41. The van der Waals surface area contributed by atoms with Crippen molar-refractivity contribution < 1.29 is 4.79 Å². The minimum absolute atomic E-state index is 0.0108. The molecule has 1 saturated heterocycles. The van der Waals surface area contributed by atoms with E-state index in [0.29, 0.717) is 18.0 Å². The SMILES string of the molecule is Cc1nc(-c2ccccn2)sc1C(=O)N1CCNCC1c1nccn1C. The molecule has 8 heteroatoms. The molecule has 1 atom stereocenters. The summed E-state index contributed by atoms with van der Waals surface area (Å²) in [7, 11) is 1.96. The van der Waals surface area contributed by atoms with Crippen molar-refractivity contribution in [3.8, 4) is 10.7 Å². The number of nitrogens with zero attached hydrogens (tertiary/aromatic N) is 5. The van der Waals surface area contributed by atoms with E-state index in [1.807, 2.05) is 47.8 Å². The average Bonchev–Trinajstić information content (AvgIpc) is 3.27. The standard InChI is InChI=1S/C18H20N6OS/c1-12-15(26-17(22-12)13-5-3-4-6-20-13)18(25)24-10-7-19-11-14(24)16-21-8-9-23(16)2/h3-6,8-9,14,19H,7,10-11H2,1-2H3. The lowest BCUT2D eigenvalue weighted by Gasteiger charge is -2.35.